The molecule has 1 heterocycles. The molecule has 32 heavy (non-hydrogen) atoms. The first-order chi connectivity index (χ1) is 15.1. The van der Waals surface area contributed by atoms with Crippen molar-refractivity contribution in [3.63, 3.8) is 0 Å². The first-order valence-corrected chi connectivity index (χ1v) is 11.6. The lowest BCUT2D eigenvalue weighted by Gasteiger charge is -2.38. The molecule has 176 valence electrons. The molecule has 0 radical (unpaired) electrons. The zero-order valence-corrected chi connectivity index (χ0v) is 22.4. The number of rotatable bonds is 8. The number of likely N-dealkylation sites (tertiary alicyclic amines) is 1. The number of nitrogens with zero attached hydrogens (tertiary/aromatic N) is 3. The molecule has 0 saturated carbocycles. The van der Waals surface area contributed by atoms with Crippen LogP contribution in [-0.2, 0) is 19.6 Å². The van der Waals surface area contributed by atoms with Gasteiger partial charge in [-0.05, 0) is 50.0 Å². The minimum atomic E-state index is 0. The molecule has 2 N–H and O–H groups in total. The molecule has 3 rings (SSSR count). The molecule has 0 spiro atoms. The van der Waals surface area contributed by atoms with E-state index in [9.17, 15) is 0 Å². The second kappa shape index (κ2) is 13.8. The van der Waals surface area contributed by atoms with Crippen molar-refractivity contribution < 1.29 is 0 Å². The van der Waals surface area contributed by atoms with E-state index < -0.39 is 0 Å². The fourth-order valence-corrected chi connectivity index (χ4v) is 4.24. The molecule has 0 bridgehead atoms. The van der Waals surface area contributed by atoms with Gasteiger partial charge in [-0.1, -0.05) is 61.5 Å². The van der Waals surface area contributed by atoms with E-state index in [2.05, 4.69) is 101 Å². The number of aliphatic imine (C=N–C) groups is 1. The van der Waals surface area contributed by atoms with E-state index in [0.717, 1.165) is 51.5 Å². The Labute approximate surface area is 211 Å². The van der Waals surface area contributed by atoms with Gasteiger partial charge < -0.3 is 15.5 Å². The summed E-state index contributed by atoms with van der Waals surface area (Å²) in [6.45, 7) is 9.49. The largest absolute Gasteiger partial charge is 0.354 e. The van der Waals surface area contributed by atoms with Crippen LogP contribution < -0.4 is 10.6 Å². The quantitative estimate of drug-likeness (QED) is 0.290. The summed E-state index contributed by atoms with van der Waals surface area (Å²) in [7, 11) is 4.01. The third-order valence-corrected chi connectivity index (χ3v) is 6.25. The number of halogens is 1. The third-order valence-electron chi connectivity index (χ3n) is 6.25. The number of nitrogens with one attached hydrogen (secondary N) is 2. The van der Waals surface area contributed by atoms with Crippen LogP contribution in [0.1, 0.15) is 43.4 Å². The highest BCUT2D eigenvalue weighted by Gasteiger charge is 2.25. The molecule has 0 aliphatic carbocycles. The van der Waals surface area contributed by atoms with Crippen LogP contribution in [-0.4, -0.2) is 55.0 Å². The van der Waals surface area contributed by atoms with Gasteiger partial charge in [0, 0.05) is 45.3 Å². The van der Waals surface area contributed by atoms with Crippen molar-refractivity contribution in [2.45, 2.75) is 58.4 Å². The zero-order chi connectivity index (χ0) is 22.1. The lowest BCUT2D eigenvalue weighted by Crippen LogP contribution is -2.51. The first-order valence-electron chi connectivity index (χ1n) is 11.6. The van der Waals surface area contributed by atoms with Gasteiger partial charge in [0.05, 0.1) is 0 Å². The van der Waals surface area contributed by atoms with Gasteiger partial charge in [-0.3, -0.25) is 9.89 Å². The van der Waals surface area contributed by atoms with Crippen molar-refractivity contribution in [1.29, 1.82) is 0 Å². The topological polar surface area (TPSA) is 42.9 Å². The van der Waals surface area contributed by atoms with Crippen molar-refractivity contribution in [3.05, 3.63) is 71.3 Å². The van der Waals surface area contributed by atoms with Crippen LogP contribution >= 0.6 is 24.0 Å². The molecule has 6 heteroatoms. The molecule has 2 atom stereocenters. The molecule has 0 amide bonds. The van der Waals surface area contributed by atoms with E-state index >= 15 is 0 Å². The van der Waals surface area contributed by atoms with E-state index in [-0.39, 0.29) is 24.0 Å². The van der Waals surface area contributed by atoms with E-state index in [1.165, 1.54) is 16.7 Å². The Morgan fingerprint density at radius 2 is 1.81 bits per heavy atom. The molecular weight excluding hydrogens is 509 g/mol. The van der Waals surface area contributed by atoms with Gasteiger partial charge in [-0.15, -0.1) is 24.0 Å². The minimum absolute atomic E-state index is 0. The summed E-state index contributed by atoms with van der Waals surface area (Å²) in [4.78, 5) is 9.37. The Bertz CT molecular complexity index is 826. The predicted octanol–water partition coefficient (Wildman–Crippen LogP) is 4.47. The van der Waals surface area contributed by atoms with Crippen molar-refractivity contribution in [2.24, 2.45) is 4.99 Å². The summed E-state index contributed by atoms with van der Waals surface area (Å²) >= 11 is 0. The molecule has 0 aromatic heterocycles. The van der Waals surface area contributed by atoms with Crippen LogP contribution in [0.4, 0.5) is 0 Å². The van der Waals surface area contributed by atoms with Crippen LogP contribution in [0.5, 0.6) is 0 Å². The molecule has 1 fully saturated rings. The molecule has 2 aromatic carbocycles. The van der Waals surface area contributed by atoms with Crippen molar-refractivity contribution >= 4 is 29.9 Å². The molecule has 2 aromatic rings. The average Bonchev–Trinajstić information content (AvgIpc) is 2.79. The van der Waals surface area contributed by atoms with Gasteiger partial charge in [0.25, 0.3) is 0 Å². The molecule has 1 saturated heterocycles. The third kappa shape index (κ3) is 8.37. The van der Waals surface area contributed by atoms with Crippen molar-refractivity contribution in [3.8, 4) is 0 Å². The fraction of sp³-hybridized carbons (Fsp3) is 0.500. The van der Waals surface area contributed by atoms with Crippen molar-refractivity contribution in [1.82, 2.24) is 20.4 Å². The number of guanidine groups is 1. The van der Waals surface area contributed by atoms with Gasteiger partial charge in [-0.2, -0.15) is 0 Å². The van der Waals surface area contributed by atoms with Gasteiger partial charge in [-0.25, -0.2) is 0 Å². The van der Waals surface area contributed by atoms with E-state index in [4.69, 9.17) is 0 Å². The number of benzene rings is 2. The normalized spacial score (nSPS) is 19.5. The van der Waals surface area contributed by atoms with Crippen LogP contribution in [0.2, 0.25) is 0 Å². The minimum Gasteiger partial charge on any atom is -0.354 e. The number of hydrogen-bond acceptors (Lipinski definition) is 3. The Morgan fingerprint density at radius 3 is 2.50 bits per heavy atom. The highest BCUT2D eigenvalue weighted by molar-refractivity contribution is 14.0. The maximum Gasteiger partial charge on any atom is 0.191 e. The molecule has 1 aliphatic heterocycles. The van der Waals surface area contributed by atoms with Gasteiger partial charge in [0.15, 0.2) is 5.96 Å². The van der Waals surface area contributed by atoms with E-state index in [0.29, 0.717) is 12.1 Å². The Kier molecular flexibility index (Phi) is 11.5. The van der Waals surface area contributed by atoms with Crippen LogP contribution in [0.3, 0.4) is 0 Å². The maximum absolute atomic E-state index is 4.47. The predicted molar refractivity (Wildman–Crippen MR) is 147 cm³/mol. The van der Waals surface area contributed by atoms with Gasteiger partial charge >= 0.3 is 0 Å². The maximum atomic E-state index is 4.47. The number of hydrogen-bond donors (Lipinski definition) is 2. The SMILES string of the molecule is CCN(C)Cc1cccc(CNC(=NC)NC2CCN(Cc3ccccc3)C(C)C2)c1.I. The first kappa shape index (κ1) is 26.6. The second-order valence-corrected chi connectivity index (χ2v) is 8.75. The standard InChI is InChI=1S/C26H39N5.HI/c1-5-30(4)19-24-13-9-12-23(17-24)18-28-26(27-3)29-25-14-15-31(21(2)16-25)20-22-10-7-6-8-11-22;/h6-13,17,21,25H,5,14-16,18-20H2,1-4H3,(H2,27,28,29);1H. The second-order valence-electron chi connectivity index (χ2n) is 8.75. The van der Waals surface area contributed by atoms with Gasteiger partial charge in [0.2, 0.25) is 0 Å². The van der Waals surface area contributed by atoms with Crippen LogP contribution in [0.15, 0.2) is 59.6 Å². The van der Waals surface area contributed by atoms with Crippen LogP contribution in [0, 0.1) is 0 Å². The summed E-state index contributed by atoms with van der Waals surface area (Å²) < 4.78 is 0. The highest BCUT2D eigenvalue weighted by atomic mass is 127. The lowest BCUT2D eigenvalue weighted by molar-refractivity contribution is 0.134. The lowest BCUT2D eigenvalue weighted by atomic mass is 9.97. The van der Waals surface area contributed by atoms with Gasteiger partial charge in [0.1, 0.15) is 0 Å². The van der Waals surface area contributed by atoms with Crippen LogP contribution in [0.25, 0.3) is 0 Å². The molecule has 1 aliphatic rings. The Morgan fingerprint density at radius 1 is 1.09 bits per heavy atom. The summed E-state index contributed by atoms with van der Waals surface area (Å²) in [6.07, 6.45) is 2.27. The summed E-state index contributed by atoms with van der Waals surface area (Å²) in [5.41, 5.74) is 4.04. The highest BCUT2D eigenvalue weighted by Crippen LogP contribution is 2.20. The monoisotopic (exact) mass is 549 g/mol. The van der Waals surface area contributed by atoms with E-state index in [1.807, 2.05) is 7.05 Å². The Hall–Kier alpha value is -1.64. The summed E-state index contributed by atoms with van der Waals surface area (Å²) in [6, 6.07) is 20.6. The summed E-state index contributed by atoms with van der Waals surface area (Å²) in [5, 5.41) is 7.16. The Balaban J connectivity index is 0.00000363. The molecule has 2 unspecified atom stereocenters. The molecule has 5 nitrogen and oxygen atoms in total. The fourth-order valence-electron chi connectivity index (χ4n) is 4.24. The van der Waals surface area contributed by atoms with E-state index in [1.54, 1.807) is 0 Å². The summed E-state index contributed by atoms with van der Waals surface area (Å²) in [5.74, 6) is 0.893. The van der Waals surface area contributed by atoms with Crippen molar-refractivity contribution in [2.75, 3.05) is 27.2 Å². The number of piperidine rings is 1. The smallest absolute Gasteiger partial charge is 0.191 e. The molecular formula is C26H40IN5. The zero-order valence-electron chi connectivity index (χ0n) is 20.1. The average molecular weight is 550 g/mol.